The number of hydrogen-bond acceptors (Lipinski definition) is 4. The van der Waals surface area contributed by atoms with Crippen molar-refractivity contribution in [2.75, 3.05) is 0 Å². The van der Waals surface area contributed by atoms with Gasteiger partial charge in [-0.3, -0.25) is 0 Å². The van der Waals surface area contributed by atoms with Crippen molar-refractivity contribution in [3.05, 3.63) is 58.5 Å². The number of furan rings is 1. The monoisotopic (exact) mass is 270 g/mol. The fourth-order valence-corrected chi connectivity index (χ4v) is 1.87. The van der Waals surface area contributed by atoms with Crippen LogP contribution in [0.2, 0.25) is 0 Å². The van der Waals surface area contributed by atoms with Crippen LogP contribution in [0.3, 0.4) is 0 Å². The minimum atomic E-state index is -0.982. The largest absolute Gasteiger partial charge is 0.478 e. The first-order valence-electron chi connectivity index (χ1n) is 6.12. The average Bonchev–Trinajstić information content (AvgIpc) is 2.81. The minimum Gasteiger partial charge on any atom is -0.478 e. The van der Waals surface area contributed by atoms with E-state index < -0.39 is 5.97 Å². The molecule has 0 spiro atoms. The van der Waals surface area contributed by atoms with Crippen molar-refractivity contribution in [1.29, 1.82) is 5.26 Å². The number of aryl methyl sites for hydroxylation is 1. The zero-order chi connectivity index (χ0) is 14.5. The predicted octanol–water partition coefficient (Wildman–Crippen LogP) is 2.45. The molecule has 2 rings (SSSR count). The average molecular weight is 270 g/mol. The lowest BCUT2D eigenvalue weighted by atomic mass is 10.1. The molecule has 102 valence electrons. The summed E-state index contributed by atoms with van der Waals surface area (Å²) in [5.74, 6) is 0.0193. The molecule has 0 bridgehead atoms. The van der Waals surface area contributed by atoms with Gasteiger partial charge in [0.15, 0.2) is 0 Å². The topological polar surface area (TPSA) is 86.3 Å². The van der Waals surface area contributed by atoms with Crippen molar-refractivity contribution >= 4 is 5.97 Å². The number of rotatable bonds is 5. The van der Waals surface area contributed by atoms with Gasteiger partial charge in [-0.25, -0.2) is 4.79 Å². The highest BCUT2D eigenvalue weighted by atomic mass is 16.4. The molecule has 2 N–H and O–H groups in total. The van der Waals surface area contributed by atoms with Gasteiger partial charge in [0.2, 0.25) is 0 Å². The van der Waals surface area contributed by atoms with E-state index in [1.165, 1.54) is 6.07 Å². The van der Waals surface area contributed by atoms with E-state index >= 15 is 0 Å². The van der Waals surface area contributed by atoms with Crippen molar-refractivity contribution in [3.8, 4) is 6.07 Å². The Morgan fingerprint density at radius 3 is 2.60 bits per heavy atom. The van der Waals surface area contributed by atoms with E-state index in [1.807, 2.05) is 12.1 Å². The summed E-state index contributed by atoms with van der Waals surface area (Å²) in [5, 5.41) is 20.8. The van der Waals surface area contributed by atoms with Crippen LogP contribution in [0.25, 0.3) is 0 Å². The highest BCUT2D eigenvalue weighted by Gasteiger charge is 2.13. The van der Waals surface area contributed by atoms with Crippen molar-refractivity contribution in [2.45, 2.75) is 20.0 Å². The number of carboxylic acids is 1. The molecule has 0 fully saturated rings. The molecule has 1 aromatic carbocycles. The smallest absolute Gasteiger partial charge is 0.339 e. The number of nitriles is 1. The van der Waals surface area contributed by atoms with Crippen LogP contribution in [0.15, 0.2) is 34.7 Å². The Kier molecular flexibility index (Phi) is 4.18. The molecule has 0 saturated heterocycles. The van der Waals surface area contributed by atoms with Crippen LogP contribution in [-0.4, -0.2) is 11.1 Å². The van der Waals surface area contributed by atoms with Gasteiger partial charge in [-0.1, -0.05) is 12.1 Å². The molecule has 0 aliphatic rings. The van der Waals surface area contributed by atoms with Crippen LogP contribution in [0.1, 0.15) is 33.0 Å². The summed E-state index contributed by atoms with van der Waals surface area (Å²) in [5.41, 5.74) is 1.87. The van der Waals surface area contributed by atoms with E-state index in [4.69, 9.17) is 14.8 Å². The molecule has 0 aliphatic carbocycles. The van der Waals surface area contributed by atoms with Crippen LogP contribution in [0.5, 0.6) is 0 Å². The summed E-state index contributed by atoms with van der Waals surface area (Å²) in [6.45, 7) is 2.70. The third-order valence-electron chi connectivity index (χ3n) is 2.91. The third kappa shape index (κ3) is 3.25. The van der Waals surface area contributed by atoms with Gasteiger partial charge in [0.25, 0.3) is 0 Å². The lowest BCUT2D eigenvalue weighted by molar-refractivity contribution is 0.0695. The number of carbonyl (C=O) groups is 1. The second-order valence-corrected chi connectivity index (χ2v) is 4.40. The van der Waals surface area contributed by atoms with E-state index in [0.717, 1.165) is 5.56 Å². The van der Waals surface area contributed by atoms with Gasteiger partial charge in [-0.2, -0.15) is 5.26 Å². The van der Waals surface area contributed by atoms with Crippen molar-refractivity contribution in [2.24, 2.45) is 0 Å². The maximum Gasteiger partial charge on any atom is 0.339 e. The SMILES string of the molecule is Cc1oc(CNCc2ccc(C#N)cc2)cc1C(=O)O. The van der Waals surface area contributed by atoms with Crippen LogP contribution >= 0.6 is 0 Å². The molecule has 0 aliphatic heterocycles. The first-order valence-corrected chi connectivity index (χ1v) is 6.12. The molecule has 0 radical (unpaired) electrons. The lowest BCUT2D eigenvalue weighted by Crippen LogP contribution is -2.12. The number of nitrogens with zero attached hydrogens (tertiary/aromatic N) is 1. The minimum absolute atomic E-state index is 0.195. The zero-order valence-corrected chi connectivity index (χ0v) is 11.0. The second kappa shape index (κ2) is 6.04. The second-order valence-electron chi connectivity index (χ2n) is 4.40. The molecule has 0 atom stereocenters. The van der Waals surface area contributed by atoms with Crippen molar-refractivity contribution in [3.63, 3.8) is 0 Å². The first kappa shape index (κ1) is 13.8. The van der Waals surface area contributed by atoms with Gasteiger partial charge in [-0.15, -0.1) is 0 Å². The zero-order valence-electron chi connectivity index (χ0n) is 11.0. The van der Waals surface area contributed by atoms with E-state index in [0.29, 0.717) is 30.2 Å². The Labute approximate surface area is 116 Å². The van der Waals surface area contributed by atoms with E-state index in [-0.39, 0.29) is 5.56 Å². The Hall–Kier alpha value is -2.58. The number of aromatic carboxylic acids is 1. The van der Waals surface area contributed by atoms with Gasteiger partial charge in [0.05, 0.1) is 18.2 Å². The quantitative estimate of drug-likeness (QED) is 0.871. The fraction of sp³-hybridized carbons (Fsp3) is 0.200. The molecule has 1 aromatic heterocycles. The summed E-state index contributed by atoms with van der Waals surface area (Å²) in [6, 6.07) is 10.9. The fourth-order valence-electron chi connectivity index (χ4n) is 1.87. The molecule has 5 nitrogen and oxygen atoms in total. The Morgan fingerprint density at radius 1 is 1.35 bits per heavy atom. The summed E-state index contributed by atoms with van der Waals surface area (Å²) in [6.07, 6.45) is 0. The van der Waals surface area contributed by atoms with Gasteiger partial charge >= 0.3 is 5.97 Å². The van der Waals surface area contributed by atoms with Crippen molar-refractivity contribution in [1.82, 2.24) is 5.32 Å². The standard InChI is InChI=1S/C15H14N2O3/c1-10-14(15(18)19)6-13(20-10)9-17-8-12-4-2-11(7-16)3-5-12/h2-6,17H,8-9H2,1H3,(H,18,19). The Balaban J connectivity index is 1.91. The summed E-state index contributed by atoms with van der Waals surface area (Å²) in [4.78, 5) is 10.9. The van der Waals surface area contributed by atoms with Crippen LogP contribution in [0.4, 0.5) is 0 Å². The molecule has 0 saturated carbocycles. The van der Waals surface area contributed by atoms with E-state index in [9.17, 15) is 4.79 Å². The number of benzene rings is 1. The summed E-state index contributed by atoms with van der Waals surface area (Å²) in [7, 11) is 0. The molecular weight excluding hydrogens is 256 g/mol. The molecule has 0 amide bonds. The molecule has 2 aromatic rings. The van der Waals surface area contributed by atoms with Crippen LogP contribution in [-0.2, 0) is 13.1 Å². The van der Waals surface area contributed by atoms with E-state index in [1.54, 1.807) is 19.1 Å². The Bertz CT molecular complexity index is 651. The highest BCUT2D eigenvalue weighted by Crippen LogP contribution is 2.14. The van der Waals surface area contributed by atoms with E-state index in [2.05, 4.69) is 11.4 Å². The van der Waals surface area contributed by atoms with Crippen LogP contribution in [0, 0.1) is 18.3 Å². The molecule has 5 heteroatoms. The van der Waals surface area contributed by atoms with Gasteiger partial charge in [0.1, 0.15) is 17.1 Å². The van der Waals surface area contributed by atoms with Gasteiger partial charge in [-0.05, 0) is 30.7 Å². The maximum atomic E-state index is 10.9. The summed E-state index contributed by atoms with van der Waals surface area (Å²) < 4.78 is 5.36. The predicted molar refractivity (Wildman–Crippen MR) is 72.1 cm³/mol. The maximum absolute atomic E-state index is 10.9. The summed E-state index contributed by atoms with van der Waals surface area (Å²) >= 11 is 0. The molecule has 20 heavy (non-hydrogen) atoms. The third-order valence-corrected chi connectivity index (χ3v) is 2.91. The van der Waals surface area contributed by atoms with Crippen LogP contribution < -0.4 is 5.32 Å². The lowest BCUT2D eigenvalue weighted by Gasteiger charge is -2.02. The van der Waals surface area contributed by atoms with Gasteiger partial charge < -0.3 is 14.8 Å². The molecule has 1 heterocycles. The first-order chi connectivity index (χ1) is 9.60. The number of hydrogen-bond donors (Lipinski definition) is 2. The normalized spacial score (nSPS) is 10.2. The highest BCUT2D eigenvalue weighted by molar-refractivity contribution is 5.88. The van der Waals surface area contributed by atoms with Gasteiger partial charge in [0, 0.05) is 6.54 Å². The number of carboxylic acid groups (broad SMARTS) is 1. The van der Waals surface area contributed by atoms with Crippen molar-refractivity contribution < 1.29 is 14.3 Å². The molecule has 0 unspecified atom stereocenters. The Morgan fingerprint density at radius 2 is 2.05 bits per heavy atom. The molecular formula is C15H14N2O3. The number of nitrogens with one attached hydrogen (secondary N) is 1.